The number of ether oxygens (including phenoxy) is 2. The van der Waals surface area contributed by atoms with Crippen molar-refractivity contribution in [2.45, 2.75) is 70.6 Å². The van der Waals surface area contributed by atoms with Crippen LogP contribution in [0.1, 0.15) is 53.4 Å². The number of carbonyl (C=O) groups excluding carboxylic acids is 1. The van der Waals surface area contributed by atoms with Crippen LogP contribution < -0.4 is 0 Å². The van der Waals surface area contributed by atoms with Crippen molar-refractivity contribution in [2.75, 3.05) is 0 Å². The van der Waals surface area contributed by atoms with Gasteiger partial charge in [-0.3, -0.25) is 4.79 Å². The Hall–Kier alpha value is -0.650. The van der Waals surface area contributed by atoms with E-state index < -0.39 is 17.2 Å². The summed E-state index contributed by atoms with van der Waals surface area (Å²) in [5.74, 6) is -3.48. The molecule has 120 valence electrons. The van der Waals surface area contributed by atoms with Gasteiger partial charge >= 0.3 is 5.97 Å². The molecule has 0 aromatic heterocycles. The predicted molar refractivity (Wildman–Crippen MR) is 74.9 cm³/mol. The maximum absolute atomic E-state index is 12.2. The smallest absolute Gasteiger partial charge is 0.311 e. The topological polar surface area (TPSA) is 76.0 Å². The monoisotopic (exact) mass is 298 g/mol. The van der Waals surface area contributed by atoms with Crippen LogP contribution in [0.4, 0.5) is 0 Å². The Morgan fingerprint density at radius 2 is 1.76 bits per heavy atom. The molecule has 5 nitrogen and oxygen atoms in total. The molecule has 2 N–H and O–H groups in total. The Bertz CT molecular complexity index is 462. The zero-order valence-electron chi connectivity index (χ0n) is 13.3. The fourth-order valence-corrected chi connectivity index (χ4v) is 4.91. The molecule has 1 aliphatic carbocycles. The summed E-state index contributed by atoms with van der Waals surface area (Å²) >= 11 is 0. The quantitative estimate of drug-likeness (QED) is 0.667. The van der Waals surface area contributed by atoms with Crippen LogP contribution >= 0.6 is 0 Å². The van der Waals surface area contributed by atoms with Gasteiger partial charge in [0.1, 0.15) is 5.60 Å². The molecule has 1 saturated carbocycles. The minimum atomic E-state index is -1.49. The van der Waals surface area contributed by atoms with Crippen molar-refractivity contribution in [3.8, 4) is 0 Å². The van der Waals surface area contributed by atoms with Crippen LogP contribution in [0.15, 0.2) is 0 Å². The van der Waals surface area contributed by atoms with Crippen LogP contribution in [0.5, 0.6) is 0 Å². The number of hydrogen-bond donors (Lipinski definition) is 2. The first-order valence-electron chi connectivity index (χ1n) is 7.98. The van der Waals surface area contributed by atoms with E-state index in [0.29, 0.717) is 18.8 Å². The van der Waals surface area contributed by atoms with Gasteiger partial charge in [-0.1, -0.05) is 13.8 Å². The van der Waals surface area contributed by atoms with Crippen molar-refractivity contribution in [1.82, 2.24) is 0 Å². The fourth-order valence-electron chi connectivity index (χ4n) is 4.91. The van der Waals surface area contributed by atoms with Crippen LogP contribution in [-0.2, 0) is 14.3 Å². The van der Waals surface area contributed by atoms with Crippen LogP contribution in [0.3, 0.4) is 0 Å². The third kappa shape index (κ3) is 1.97. The summed E-state index contributed by atoms with van der Waals surface area (Å²) in [4.78, 5) is 12.2. The summed E-state index contributed by atoms with van der Waals surface area (Å²) in [5.41, 5.74) is -1.24. The minimum Gasteiger partial charge on any atom is -0.430 e. The van der Waals surface area contributed by atoms with E-state index >= 15 is 0 Å². The molecule has 3 rings (SSSR count). The van der Waals surface area contributed by atoms with Crippen LogP contribution in [0.25, 0.3) is 0 Å². The number of rotatable bonds is 0. The normalized spacial score (nSPS) is 57.1. The highest BCUT2D eigenvalue weighted by Crippen LogP contribution is 2.58. The molecule has 2 unspecified atom stereocenters. The van der Waals surface area contributed by atoms with Crippen molar-refractivity contribution in [1.29, 1.82) is 0 Å². The van der Waals surface area contributed by atoms with Crippen LogP contribution in [-0.4, -0.2) is 33.4 Å². The zero-order valence-corrected chi connectivity index (χ0v) is 13.3. The largest absolute Gasteiger partial charge is 0.430 e. The summed E-state index contributed by atoms with van der Waals surface area (Å²) < 4.78 is 11.3. The molecule has 2 saturated heterocycles. The number of aliphatic hydroxyl groups is 2. The van der Waals surface area contributed by atoms with Gasteiger partial charge in [-0.05, 0) is 38.0 Å². The highest BCUT2D eigenvalue weighted by atomic mass is 16.8. The molecule has 2 aliphatic heterocycles. The zero-order chi connectivity index (χ0) is 15.6. The first kappa shape index (κ1) is 15.3. The second-order valence-corrected chi connectivity index (χ2v) is 7.56. The van der Waals surface area contributed by atoms with Gasteiger partial charge in [0.2, 0.25) is 5.79 Å². The number of hydrogen-bond acceptors (Lipinski definition) is 5. The van der Waals surface area contributed by atoms with Crippen molar-refractivity contribution in [3.63, 3.8) is 0 Å². The van der Waals surface area contributed by atoms with E-state index in [9.17, 15) is 15.0 Å². The molecule has 0 spiro atoms. The molecule has 0 amide bonds. The van der Waals surface area contributed by atoms with Crippen molar-refractivity contribution >= 4 is 5.97 Å². The molecule has 7 atom stereocenters. The van der Waals surface area contributed by atoms with Gasteiger partial charge in [-0.2, -0.15) is 0 Å². The number of esters is 1. The predicted octanol–water partition coefficient (Wildman–Crippen LogP) is 1.81. The Kier molecular flexibility index (Phi) is 3.22. The van der Waals surface area contributed by atoms with Gasteiger partial charge < -0.3 is 19.7 Å². The van der Waals surface area contributed by atoms with Gasteiger partial charge in [0, 0.05) is 19.3 Å². The molecule has 2 heterocycles. The molecule has 0 radical (unpaired) electrons. The summed E-state index contributed by atoms with van der Waals surface area (Å²) in [6, 6.07) is 0. The molecule has 0 aromatic carbocycles. The maximum Gasteiger partial charge on any atom is 0.311 e. The third-order valence-corrected chi connectivity index (χ3v) is 6.08. The highest BCUT2D eigenvalue weighted by Gasteiger charge is 2.69. The summed E-state index contributed by atoms with van der Waals surface area (Å²) in [6.45, 7) is 7.13. The van der Waals surface area contributed by atoms with E-state index in [2.05, 4.69) is 6.92 Å². The maximum atomic E-state index is 12.2. The lowest BCUT2D eigenvalue weighted by atomic mass is 9.56. The summed E-state index contributed by atoms with van der Waals surface area (Å²) in [7, 11) is 0. The lowest BCUT2D eigenvalue weighted by molar-refractivity contribution is -0.398. The average molecular weight is 298 g/mol. The molecule has 0 bridgehead atoms. The molecule has 3 aliphatic rings. The Labute approximate surface area is 125 Å². The average Bonchev–Trinajstić information content (AvgIpc) is 2.42. The molecule has 3 fully saturated rings. The molecular weight excluding hydrogens is 272 g/mol. The van der Waals surface area contributed by atoms with E-state index in [1.165, 1.54) is 0 Å². The van der Waals surface area contributed by atoms with E-state index in [-0.39, 0.29) is 23.7 Å². The van der Waals surface area contributed by atoms with Gasteiger partial charge in [0.15, 0.2) is 5.79 Å². The second-order valence-electron chi connectivity index (χ2n) is 7.56. The third-order valence-electron chi connectivity index (χ3n) is 6.08. The lowest BCUT2D eigenvalue weighted by Gasteiger charge is -2.59. The van der Waals surface area contributed by atoms with Crippen molar-refractivity contribution in [3.05, 3.63) is 0 Å². The Morgan fingerprint density at radius 3 is 2.43 bits per heavy atom. The Morgan fingerprint density at radius 1 is 1.10 bits per heavy atom. The van der Waals surface area contributed by atoms with Gasteiger partial charge in [-0.15, -0.1) is 0 Å². The second kappa shape index (κ2) is 4.43. The van der Waals surface area contributed by atoms with E-state index in [0.717, 1.165) is 12.8 Å². The first-order chi connectivity index (χ1) is 9.61. The fraction of sp³-hybridized carbons (Fsp3) is 0.938. The molecular formula is C16H26O5. The summed E-state index contributed by atoms with van der Waals surface area (Å²) in [5, 5.41) is 22.0. The van der Waals surface area contributed by atoms with E-state index in [1.54, 1.807) is 13.8 Å². The van der Waals surface area contributed by atoms with Gasteiger partial charge in [0.25, 0.3) is 0 Å². The van der Waals surface area contributed by atoms with Crippen LogP contribution in [0, 0.1) is 23.7 Å². The molecule has 5 heteroatoms. The van der Waals surface area contributed by atoms with Gasteiger partial charge in [0.05, 0.1) is 5.92 Å². The lowest BCUT2D eigenvalue weighted by Crippen LogP contribution is -2.71. The number of carbonyl (C=O) groups is 1. The molecule has 21 heavy (non-hydrogen) atoms. The summed E-state index contributed by atoms with van der Waals surface area (Å²) in [6.07, 6.45) is 2.86. The standard InChI is InChI=1S/C16H26O5/c1-9-5-6-12-10(2)13(17)20-15(4)16(12,19)11(9)7-8-14(3,18)21-15/h9-12,18-19H,5-8H2,1-4H3/t9-,10-,11+,12?,14?,15-,16-/m1/s1. The first-order valence-corrected chi connectivity index (χ1v) is 7.98. The highest BCUT2D eigenvalue weighted by molar-refractivity contribution is 5.74. The molecule has 0 aromatic rings. The SMILES string of the molecule is C[C@@H]1CCC2[C@@H](C)C(=O)O[C@]3(C)OC(C)(O)CC[C@@H]1[C@@]23O. The van der Waals surface area contributed by atoms with Crippen molar-refractivity contribution in [2.24, 2.45) is 23.7 Å². The Balaban J connectivity index is 2.13. The van der Waals surface area contributed by atoms with Crippen LogP contribution in [0.2, 0.25) is 0 Å². The minimum absolute atomic E-state index is 0.0363. The van der Waals surface area contributed by atoms with E-state index in [1.807, 2.05) is 6.92 Å². The van der Waals surface area contributed by atoms with Crippen molar-refractivity contribution < 1.29 is 24.5 Å². The van der Waals surface area contributed by atoms with Gasteiger partial charge in [-0.25, -0.2) is 0 Å². The van der Waals surface area contributed by atoms with E-state index in [4.69, 9.17) is 9.47 Å².